The highest BCUT2D eigenvalue weighted by atomic mass is 79.9. The Balaban J connectivity index is 1.65. The molecule has 0 aliphatic heterocycles. The number of rotatable bonds is 4. The fraction of sp³-hybridized carbons (Fsp3) is 0.0714. The zero-order valence-corrected chi connectivity index (χ0v) is 12.8. The molecule has 0 aliphatic carbocycles. The summed E-state index contributed by atoms with van der Waals surface area (Å²) in [5, 5.41) is 6.57. The van der Waals surface area contributed by atoms with Crippen LogP contribution < -0.4 is 5.32 Å². The number of amides is 1. The molecule has 0 aromatic carbocycles. The smallest absolute Gasteiger partial charge is 0.253 e. The number of carbonyl (C=O) groups excluding carboxylic acids is 1. The lowest BCUT2D eigenvalue weighted by molar-refractivity contribution is 0.0946. The lowest BCUT2D eigenvalue weighted by atomic mass is 10.2. The minimum absolute atomic E-state index is 0.142. The zero-order chi connectivity index (χ0) is 15.4. The number of hydrogen-bond donors (Lipinski definition) is 1. The van der Waals surface area contributed by atoms with Crippen molar-refractivity contribution >= 4 is 21.8 Å². The predicted molar refractivity (Wildman–Crippen MR) is 80.6 cm³/mol. The maximum Gasteiger partial charge on any atom is 0.253 e. The maximum absolute atomic E-state index is 12.0. The van der Waals surface area contributed by atoms with E-state index in [1.807, 2.05) is 0 Å². The Morgan fingerprint density at radius 1 is 1.23 bits per heavy atom. The summed E-state index contributed by atoms with van der Waals surface area (Å²) in [5.74, 6) is 0.511. The molecule has 1 N–H and O–H groups in total. The van der Waals surface area contributed by atoms with Crippen molar-refractivity contribution in [2.75, 3.05) is 0 Å². The van der Waals surface area contributed by atoms with E-state index in [1.54, 1.807) is 36.8 Å². The molecule has 0 aliphatic rings. The fourth-order valence-electron chi connectivity index (χ4n) is 1.74. The molecule has 22 heavy (non-hydrogen) atoms. The molecule has 0 radical (unpaired) electrons. The zero-order valence-electron chi connectivity index (χ0n) is 11.2. The average Bonchev–Trinajstić information content (AvgIpc) is 3.02. The molecule has 0 atom stereocenters. The number of hydrogen-bond acceptors (Lipinski definition) is 6. The summed E-state index contributed by atoms with van der Waals surface area (Å²) in [5.41, 5.74) is 1.25. The lowest BCUT2D eigenvalue weighted by Gasteiger charge is -2.01. The number of aromatic nitrogens is 4. The highest BCUT2D eigenvalue weighted by molar-refractivity contribution is 9.10. The van der Waals surface area contributed by atoms with Gasteiger partial charge in [0.25, 0.3) is 5.91 Å². The topological polar surface area (TPSA) is 93.8 Å². The quantitative estimate of drug-likeness (QED) is 0.767. The standard InChI is InChI=1S/C14H10BrN5O2/c15-11-5-10(6-17-7-11)14(21)18-8-12-19-13(20-22-12)9-1-3-16-4-2-9/h1-7H,8H2,(H,18,21). The van der Waals surface area contributed by atoms with E-state index >= 15 is 0 Å². The first-order valence-electron chi connectivity index (χ1n) is 6.34. The predicted octanol–water partition coefficient (Wildman–Crippen LogP) is 2.22. The molecule has 3 rings (SSSR count). The van der Waals surface area contributed by atoms with E-state index in [4.69, 9.17) is 4.52 Å². The normalized spacial score (nSPS) is 10.4. The van der Waals surface area contributed by atoms with Gasteiger partial charge >= 0.3 is 0 Å². The summed E-state index contributed by atoms with van der Waals surface area (Å²) in [6.45, 7) is 0.142. The van der Waals surface area contributed by atoms with Crippen molar-refractivity contribution in [3.8, 4) is 11.4 Å². The largest absolute Gasteiger partial charge is 0.343 e. The van der Waals surface area contributed by atoms with Crippen LogP contribution in [-0.4, -0.2) is 26.0 Å². The van der Waals surface area contributed by atoms with E-state index in [1.165, 1.54) is 6.20 Å². The van der Waals surface area contributed by atoms with Gasteiger partial charge in [0.15, 0.2) is 0 Å². The number of carbonyl (C=O) groups is 1. The third-order valence-electron chi connectivity index (χ3n) is 2.77. The van der Waals surface area contributed by atoms with E-state index in [-0.39, 0.29) is 12.5 Å². The van der Waals surface area contributed by atoms with Crippen molar-refractivity contribution in [3.63, 3.8) is 0 Å². The van der Waals surface area contributed by atoms with Gasteiger partial charge in [-0.15, -0.1) is 0 Å². The molecule has 0 unspecified atom stereocenters. The summed E-state index contributed by atoms with van der Waals surface area (Å²) >= 11 is 3.27. The molecule has 110 valence electrons. The Hall–Kier alpha value is -2.61. The Kier molecular flexibility index (Phi) is 4.19. The van der Waals surface area contributed by atoms with Gasteiger partial charge in [0, 0.05) is 34.8 Å². The van der Waals surface area contributed by atoms with Gasteiger partial charge in [0.2, 0.25) is 11.7 Å². The van der Waals surface area contributed by atoms with Crippen LogP contribution in [0.2, 0.25) is 0 Å². The molecule has 0 saturated heterocycles. The number of nitrogens with one attached hydrogen (secondary N) is 1. The van der Waals surface area contributed by atoms with Crippen LogP contribution in [0.3, 0.4) is 0 Å². The van der Waals surface area contributed by atoms with Crippen molar-refractivity contribution < 1.29 is 9.32 Å². The SMILES string of the molecule is O=C(NCc1nc(-c2ccncc2)no1)c1cncc(Br)c1. The van der Waals surface area contributed by atoms with Crippen LogP contribution >= 0.6 is 15.9 Å². The molecule has 3 heterocycles. The van der Waals surface area contributed by atoms with Crippen LogP contribution in [0.5, 0.6) is 0 Å². The Morgan fingerprint density at radius 2 is 2.05 bits per heavy atom. The van der Waals surface area contributed by atoms with Crippen LogP contribution in [-0.2, 0) is 6.54 Å². The molecule has 0 saturated carbocycles. The summed E-state index contributed by atoms with van der Waals surface area (Å²) in [4.78, 5) is 24.1. The van der Waals surface area contributed by atoms with Crippen molar-refractivity contribution in [2.45, 2.75) is 6.54 Å². The molecule has 8 heteroatoms. The molecule has 3 aromatic heterocycles. The van der Waals surface area contributed by atoms with Gasteiger partial charge in [-0.05, 0) is 34.1 Å². The van der Waals surface area contributed by atoms with Crippen LogP contribution in [0.4, 0.5) is 0 Å². The highest BCUT2D eigenvalue weighted by Gasteiger charge is 2.11. The fourth-order valence-corrected chi connectivity index (χ4v) is 2.10. The summed E-state index contributed by atoms with van der Waals surface area (Å²) in [6.07, 6.45) is 6.38. The second kappa shape index (κ2) is 6.44. The van der Waals surface area contributed by atoms with E-state index in [2.05, 4.69) is 41.4 Å². The molecular weight excluding hydrogens is 350 g/mol. The van der Waals surface area contributed by atoms with Gasteiger partial charge in [0.1, 0.15) is 0 Å². The third kappa shape index (κ3) is 3.34. The monoisotopic (exact) mass is 359 g/mol. The summed E-state index contributed by atoms with van der Waals surface area (Å²) < 4.78 is 5.84. The Bertz CT molecular complexity index is 791. The molecular formula is C14H10BrN5O2. The summed E-state index contributed by atoms with van der Waals surface area (Å²) in [7, 11) is 0. The van der Waals surface area contributed by atoms with Gasteiger partial charge in [-0.3, -0.25) is 14.8 Å². The lowest BCUT2D eigenvalue weighted by Crippen LogP contribution is -2.23. The van der Waals surface area contributed by atoms with Crippen LogP contribution in [0, 0.1) is 0 Å². The molecule has 0 bridgehead atoms. The number of halogens is 1. The molecule has 7 nitrogen and oxygen atoms in total. The van der Waals surface area contributed by atoms with Gasteiger partial charge in [0.05, 0.1) is 12.1 Å². The number of nitrogens with zero attached hydrogens (tertiary/aromatic N) is 4. The van der Waals surface area contributed by atoms with Crippen molar-refractivity contribution in [2.24, 2.45) is 0 Å². The molecule has 0 spiro atoms. The van der Waals surface area contributed by atoms with Crippen molar-refractivity contribution in [3.05, 3.63) is 58.9 Å². The van der Waals surface area contributed by atoms with Crippen molar-refractivity contribution in [1.29, 1.82) is 0 Å². The minimum Gasteiger partial charge on any atom is -0.343 e. The van der Waals surface area contributed by atoms with Gasteiger partial charge in [-0.25, -0.2) is 0 Å². The molecule has 0 fully saturated rings. The minimum atomic E-state index is -0.266. The average molecular weight is 360 g/mol. The molecule has 3 aromatic rings. The Morgan fingerprint density at radius 3 is 2.82 bits per heavy atom. The van der Waals surface area contributed by atoms with E-state index < -0.39 is 0 Å². The second-order valence-corrected chi connectivity index (χ2v) is 5.24. The van der Waals surface area contributed by atoms with Gasteiger partial charge in [-0.1, -0.05) is 5.16 Å². The first-order chi connectivity index (χ1) is 10.7. The second-order valence-electron chi connectivity index (χ2n) is 4.32. The third-order valence-corrected chi connectivity index (χ3v) is 3.21. The van der Waals surface area contributed by atoms with E-state index in [9.17, 15) is 4.79 Å². The van der Waals surface area contributed by atoms with Gasteiger partial charge < -0.3 is 9.84 Å². The van der Waals surface area contributed by atoms with Crippen LogP contribution in [0.15, 0.2) is 52.0 Å². The first-order valence-corrected chi connectivity index (χ1v) is 7.13. The first kappa shape index (κ1) is 14.3. The maximum atomic E-state index is 12.0. The van der Waals surface area contributed by atoms with Crippen LogP contribution in [0.25, 0.3) is 11.4 Å². The highest BCUT2D eigenvalue weighted by Crippen LogP contribution is 2.14. The summed E-state index contributed by atoms with van der Waals surface area (Å²) in [6, 6.07) is 5.24. The van der Waals surface area contributed by atoms with E-state index in [0.29, 0.717) is 17.3 Å². The van der Waals surface area contributed by atoms with Gasteiger partial charge in [-0.2, -0.15) is 4.98 Å². The Labute approximate surface area is 133 Å². The van der Waals surface area contributed by atoms with E-state index in [0.717, 1.165) is 10.0 Å². The van der Waals surface area contributed by atoms with Crippen LogP contribution in [0.1, 0.15) is 16.2 Å². The van der Waals surface area contributed by atoms with Crippen molar-refractivity contribution in [1.82, 2.24) is 25.4 Å². The number of pyridine rings is 2. The molecule has 1 amide bonds.